The van der Waals surface area contributed by atoms with Gasteiger partial charge in [0.05, 0.1) is 6.04 Å². The number of halogens is 1. The molecule has 126 valence electrons. The van der Waals surface area contributed by atoms with Gasteiger partial charge in [0.1, 0.15) is 5.82 Å². The van der Waals surface area contributed by atoms with Gasteiger partial charge in [0.25, 0.3) is 0 Å². The summed E-state index contributed by atoms with van der Waals surface area (Å²) in [6, 6.07) is 15.5. The fraction of sp³-hybridized carbons (Fsp3) is 0.263. The van der Waals surface area contributed by atoms with Crippen LogP contribution in [0.4, 0.5) is 4.39 Å². The van der Waals surface area contributed by atoms with Crippen LogP contribution in [-0.2, 0) is 16.1 Å². The summed E-state index contributed by atoms with van der Waals surface area (Å²) in [6.45, 7) is 2.23. The maximum atomic E-state index is 12.8. The number of hydrogen-bond donors (Lipinski definition) is 2. The third-order valence-electron chi connectivity index (χ3n) is 3.66. The highest BCUT2D eigenvalue weighted by Crippen LogP contribution is 2.11. The zero-order chi connectivity index (χ0) is 17.4. The SMILES string of the molecule is C[C@@H](NC(=O)CCC(=O)NCc1ccc(F)cc1)c1ccccc1. The van der Waals surface area contributed by atoms with Crippen molar-refractivity contribution in [2.75, 3.05) is 0 Å². The molecule has 2 amide bonds. The van der Waals surface area contributed by atoms with E-state index in [1.807, 2.05) is 37.3 Å². The van der Waals surface area contributed by atoms with Crippen molar-refractivity contribution in [1.29, 1.82) is 0 Å². The lowest BCUT2D eigenvalue weighted by Gasteiger charge is -2.14. The van der Waals surface area contributed by atoms with Gasteiger partial charge in [-0.05, 0) is 30.2 Å². The number of nitrogens with one attached hydrogen (secondary N) is 2. The Bertz CT molecular complexity index is 672. The lowest BCUT2D eigenvalue weighted by molar-refractivity contribution is -0.126. The van der Waals surface area contributed by atoms with Crippen molar-refractivity contribution in [3.05, 3.63) is 71.5 Å². The zero-order valence-electron chi connectivity index (χ0n) is 13.6. The van der Waals surface area contributed by atoms with Crippen LogP contribution in [-0.4, -0.2) is 11.8 Å². The van der Waals surface area contributed by atoms with Gasteiger partial charge in [0.15, 0.2) is 0 Å². The van der Waals surface area contributed by atoms with Gasteiger partial charge in [0, 0.05) is 19.4 Å². The van der Waals surface area contributed by atoms with Crippen LogP contribution in [0.5, 0.6) is 0 Å². The van der Waals surface area contributed by atoms with Gasteiger partial charge in [-0.2, -0.15) is 0 Å². The third-order valence-corrected chi connectivity index (χ3v) is 3.66. The molecule has 0 fully saturated rings. The second kappa shape index (κ2) is 8.82. The Labute approximate surface area is 141 Å². The van der Waals surface area contributed by atoms with E-state index in [1.165, 1.54) is 12.1 Å². The molecule has 5 heteroatoms. The van der Waals surface area contributed by atoms with Crippen LogP contribution >= 0.6 is 0 Å². The molecule has 0 aliphatic heterocycles. The molecule has 0 aliphatic rings. The summed E-state index contributed by atoms with van der Waals surface area (Å²) in [4.78, 5) is 23.7. The summed E-state index contributed by atoms with van der Waals surface area (Å²) in [5.41, 5.74) is 1.83. The molecule has 0 heterocycles. The fourth-order valence-corrected chi connectivity index (χ4v) is 2.26. The number of benzene rings is 2. The van der Waals surface area contributed by atoms with Crippen molar-refractivity contribution in [2.45, 2.75) is 32.4 Å². The molecule has 0 saturated heterocycles. The van der Waals surface area contributed by atoms with Gasteiger partial charge in [-0.3, -0.25) is 9.59 Å². The smallest absolute Gasteiger partial charge is 0.220 e. The summed E-state index contributed by atoms with van der Waals surface area (Å²) in [7, 11) is 0. The predicted octanol–water partition coefficient (Wildman–Crippen LogP) is 3.10. The highest BCUT2D eigenvalue weighted by atomic mass is 19.1. The Morgan fingerprint density at radius 1 is 0.958 bits per heavy atom. The largest absolute Gasteiger partial charge is 0.352 e. The second-order valence-electron chi connectivity index (χ2n) is 5.60. The molecule has 4 nitrogen and oxygen atoms in total. The summed E-state index contributed by atoms with van der Waals surface area (Å²) >= 11 is 0. The second-order valence-corrected chi connectivity index (χ2v) is 5.60. The molecular weight excluding hydrogens is 307 g/mol. The molecule has 2 rings (SSSR count). The first kappa shape index (κ1) is 17.7. The van der Waals surface area contributed by atoms with E-state index in [9.17, 15) is 14.0 Å². The Kier molecular flexibility index (Phi) is 6.49. The molecule has 0 unspecified atom stereocenters. The molecular formula is C19H21FN2O2. The van der Waals surface area contributed by atoms with Crippen molar-refractivity contribution >= 4 is 11.8 Å². The van der Waals surface area contributed by atoms with Gasteiger partial charge in [-0.15, -0.1) is 0 Å². The van der Waals surface area contributed by atoms with Crippen LogP contribution in [0.15, 0.2) is 54.6 Å². The summed E-state index contributed by atoms with van der Waals surface area (Å²) < 4.78 is 12.8. The number of rotatable bonds is 7. The summed E-state index contributed by atoms with van der Waals surface area (Å²) in [6.07, 6.45) is 0.251. The zero-order valence-corrected chi connectivity index (χ0v) is 13.6. The molecule has 0 aliphatic carbocycles. The van der Waals surface area contributed by atoms with E-state index in [1.54, 1.807) is 12.1 Å². The number of carbonyl (C=O) groups excluding carboxylic acids is 2. The minimum absolute atomic E-state index is 0.0963. The fourth-order valence-electron chi connectivity index (χ4n) is 2.26. The number of carbonyl (C=O) groups is 2. The monoisotopic (exact) mass is 328 g/mol. The lowest BCUT2D eigenvalue weighted by atomic mass is 10.1. The molecule has 1 atom stereocenters. The summed E-state index contributed by atoms with van der Waals surface area (Å²) in [5, 5.41) is 5.59. The quantitative estimate of drug-likeness (QED) is 0.820. The van der Waals surface area contributed by atoms with E-state index in [-0.39, 0.29) is 36.5 Å². The first-order chi connectivity index (χ1) is 11.5. The van der Waals surface area contributed by atoms with Crippen LogP contribution in [0, 0.1) is 5.82 Å². The molecule has 0 saturated carbocycles. The average Bonchev–Trinajstić information content (AvgIpc) is 2.60. The minimum atomic E-state index is -0.311. The van der Waals surface area contributed by atoms with E-state index in [2.05, 4.69) is 10.6 Å². The van der Waals surface area contributed by atoms with Crippen molar-refractivity contribution in [2.24, 2.45) is 0 Å². The van der Waals surface area contributed by atoms with E-state index >= 15 is 0 Å². The van der Waals surface area contributed by atoms with Gasteiger partial charge in [-0.25, -0.2) is 4.39 Å². The van der Waals surface area contributed by atoms with Crippen LogP contribution in [0.2, 0.25) is 0 Å². The van der Waals surface area contributed by atoms with Gasteiger partial charge in [-0.1, -0.05) is 42.5 Å². The van der Waals surface area contributed by atoms with E-state index in [4.69, 9.17) is 0 Å². The standard InChI is InChI=1S/C19H21FN2O2/c1-14(16-5-3-2-4-6-16)22-19(24)12-11-18(23)21-13-15-7-9-17(20)10-8-15/h2-10,14H,11-13H2,1H3,(H,21,23)(H,22,24)/t14-/m1/s1. The molecule has 0 aromatic heterocycles. The molecule has 0 spiro atoms. The lowest BCUT2D eigenvalue weighted by Crippen LogP contribution is -2.29. The molecule has 24 heavy (non-hydrogen) atoms. The Morgan fingerprint density at radius 2 is 1.58 bits per heavy atom. The Morgan fingerprint density at radius 3 is 2.25 bits per heavy atom. The van der Waals surface area contributed by atoms with Crippen LogP contribution < -0.4 is 10.6 Å². The first-order valence-electron chi connectivity index (χ1n) is 7.90. The Hall–Kier alpha value is -2.69. The molecule has 0 bridgehead atoms. The highest BCUT2D eigenvalue weighted by molar-refractivity contribution is 5.83. The molecule has 2 aromatic rings. The normalized spacial score (nSPS) is 11.6. The van der Waals surface area contributed by atoms with E-state index in [0.717, 1.165) is 11.1 Å². The van der Waals surface area contributed by atoms with Crippen molar-refractivity contribution in [3.63, 3.8) is 0 Å². The van der Waals surface area contributed by atoms with Crippen LogP contribution in [0.25, 0.3) is 0 Å². The number of hydrogen-bond acceptors (Lipinski definition) is 2. The number of amides is 2. The van der Waals surface area contributed by atoms with Crippen LogP contribution in [0.3, 0.4) is 0 Å². The minimum Gasteiger partial charge on any atom is -0.352 e. The maximum Gasteiger partial charge on any atom is 0.220 e. The molecule has 0 radical (unpaired) electrons. The Balaban J connectivity index is 1.69. The van der Waals surface area contributed by atoms with Crippen molar-refractivity contribution in [3.8, 4) is 0 Å². The molecule has 2 N–H and O–H groups in total. The average molecular weight is 328 g/mol. The maximum absolute atomic E-state index is 12.8. The van der Waals surface area contributed by atoms with Gasteiger partial charge < -0.3 is 10.6 Å². The predicted molar refractivity (Wildman–Crippen MR) is 90.5 cm³/mol. The topological polar surface area (TPSA) is 58.2 Å². The first-order valence-corrected chi connectivity index (χ1v) is 7.90. The van der Waals surface area contributed by atoms with E-state index in [0.29, 0.717) is 6.54 Å². The third kappa shape index (κ3) is 5.83. The van der Waals surface area contributed by atoms with Crippen LogP contribution in [0.1, 0.15) is 36.9 Å². The van der Waals surface area contributed by atoms with Crippen molar-refractivity contribution < 1.29 is 14.0 Å². The van der Waals surface area contributed by atoms with Gasteiger partial charge >= 0.3 is 0 Å². The van der Waals surface area contributed by atoms with Gasteiger partial charge in [0.2, 0.25) is 11.8 Å². The summed E-state index contributed by atoms with van der Waals surface area (Å²) in [5.74, 6) is -0.681. The highest BCUT2D eigenvalue weighted by Gasteiger charge is 2.11. The van der Waals surface area contributed by atoms with Crippen molar-refractivity contribution in [1.82, 2.24) is 10.6 Å². The van der Waals surface area contributed by atoms with E-state index < -0.39 is 0 Å². The molecule has 2 aromatic carbocycles.